The Balaban J connectivity index is 2.24. The van der Waals surface area contributed by atoms with Gasteiger partial charge in [0.2, 0.25) is 5.75 Å². The molecule has 6 heteroatoms. The normalized spacial score (nSPS) is 10.4. The number of ether oxygens (including phenoxy) is 3. The van der Waals surface area contributed by atoms with Gasteiger partial charge >= 0.3 is 0 Å². The molecule has 0 unspecified atom stereocenters. The van der Waals surface area contributed by atoms with Gasteiger partial charge in [0.15, 0.2) is 11.5 Å². The maximum atomic E-state index is 9.22. The molecular weight excluding hydrogens is 344 g/mol. The van der Waals surface area contributed by atoms with Crippen LogP contribution < -0.4 is 14.2 Å². The van der Waals surface area contributed by atoms with E-state index in [1.165, 1.54) is 0 Å². The van der Waals surface area contributed by atoms with Gasteiger partial charge in [-0.05, 0) is 45.8 Å². The molecule has 0 aliphatic carbocycles. The molecule has 4 nitrogen and oxygen atoms in total. The van der Waals surface area contributed by atoms with Gasteiger partial charge in [-0.2, -0.15) is 0 Å². The second-order valence-corrected chi connectivity index (χ2v) is 6.53. The summed E-state index contributed by atoms with van der Waals surface area (Å²) >= 11 is 5.03. The van der Waals surface area contributed by atoms with E-state index in [9.17, 15) is 5.11 Å². The number of rotatable bonds is 6. The molecule has 0 amide bonds. The average Bonchev–Trinajstić information content (AvgIpc) is 2.89. The lowest BCUT2D eigenvalue weighted by molar-refractivity contribution is 0.261. The Kier molecular flexibility index (Phi) is 5.28. The summed E-state index contributed by atoms with van der Waals surface area (Å²) in [4.78, 5) is 1.09. The number of aliphatic hydroxyl groups excluding tert-OH is 1. The first-order valence-electron chi connectivity index (χ1n) is 5.90. The highest BCUT2D eigenvalue weighted by Crippen LogP contribution is 2.39. The molecule has 0 aliphatic heterocycles. The highest BCUT2D eigenvalue weighted by Gasteiger charge is 2.14. The van der Waals surface area contributed by atoms with Crippen LogP contribution in [0.1, 0.15) is 10.4 Å². The first-order valence-corrected chi connectivity index (χ1v) is 7.51. The molecule has 108 valence electrons. The van der Waals surface area contributed by atoms with Gasteiger partial charge in [-0.1, -0.05) is 0 Å². The lowest BCUT2D eigenvalue weighted by atomic mass is 10.2. The minimum Gasteiger partial charge on any atom is -0.493 e. The van der Waals surface area contributed by atoms with Crippen molar-refractivity contribution < 1.29 is 19.3 Å². The number of halogens is 1. The van der Waals surface area contributed by atoms with Crippen molar-refractivity contribution in [3.8, 4) is 17.2 Å². The maximum Gasteiger partial charge on any atom is 0.203 e. The number of methoxy groups -OCH3 is 2. The van der Waals surface area contributed by atoms with Crippen LogP contribution in [0.4, 0.5) is 0 Å². The van der Waals surface area contributed by atoms with Gasteiger partial charge in [0.25, 0.3) is 0 Å². The van der Waals surface area contributed by atoms with Crippen LogP contribution in [0.25, 0.3) is 0 Å². The molecule has 2 aromatic rings. The van der Waals surface area contributed by atoms with Crippen LogP contribution in [-0.2, 0) is 13.2 Å². The molecule has 0 spiro atoms. The van der Waals surface area contributed by atoms with E-state index in [0.29, 0.717) is 29.4 Å². The fourth-order valence-electron chi connectivity index (χ4n) is 1.74. The molecule has 0 fully saturated rings. The number of aliphatic hydroxyl groups is 1. The smallest absolute Gasteiger partial charge is 0.203 e. The van der Waals surface area contributed by atoms with E-state index < -0.39 is 0 Å². The number of thiophene rings is 1. The van der Waals surface area contributed by atoms with Crippen LogP contribution in [0.2, 0.25) is 0 Å². The topological polar surface area (TPSA) is 47.9 Å². The van der Waals surface area contributed by atoms with Crippen LogP contribution in [0.3, 0.4) is 0 Å². The Labute approximate surface area is 130 Å². The zero-order chi connectivity index (χ0) is 14.5. The molecule has 1 heterocycles. The summed E-state index contributed by atoms with van der Waals surface area (Å²) in [5.74, 6) is 1.63. The highest BCUT2D eigenvalue weighted by atomic mass is 79.9. The van der Waals surface area contributed by atoms with Crippen molar-refractivity contribution in [2.24, 2.45) is 0 Å². The summed E-state index contributed by atoms with van der Waals surface area (Å²) in [5, 5.41) is 9.22. The third-order valence-electron chi connectivity index (χ3n) is 2.69. The number of benzene rings is 1. The molecule has 0 bridgehead atoms. The van der Waals surface area contributed by atoms with Gasteiger partial charge in [-0.3, -0.25) is 0 Å². The summed E-state index contributed by atoms with van der Waals surface area (Å²) in [6.07, 6.45) is 0. The summed E-state index contributed by atoms with van der Waals surface area (Å²) in [6, 6.07) is 7.45. The van der Waals surface area contributed by atoms with Crippen molar-refractivity contribution in [2.75, 3.05) is 14.2 Å². The molecule has 0 aliphatic rings. The summed E-state index contributed by atoms with van der Waals surface area (Å²) in [5.41, 5.74) is 0.713. The van der Waals surface area contributed by atoms with E-state index in [-0.39, 0.29) is 6.61 Å². The first-order chi connectivity index (χ1) is 9.67. The fourth-order valence-corrected chi connectivity index (χ4v) is 3.14. The zero-order valence-corrected chi connectivity index (χ0v) is 13.6. The third-order valence-corrected chi connectivity index (χ3v) is 4.29. The number of hydrogen-bond acceptors (Lipinski definition) is 5. The predicted molar refractivity (Wildman–Crippen MR) is 81.8 cm³/mol. The lowest BCUT2D eigenvalue weighted by Gasteiger charge is -2.15. The van der Waals surface area contributed by atoms with Crippen molar-refractivity contribution in [3.63, 3.8) is 0 Å². The quantitative estimate of drug-likeness (QED) is 0.856. The second kappa shape index (κ2) is 6.97. The van der Waals surface area contributed by atoms with Gasteiger partial charge in [-0.25, -0.2) is 0 Å². The number of hydrogen-bond donors (Lipinski definition) is 1. The Morgan fingerprint density at radius 2 is 1.80 bits per heavy atom. The minimum absolute atomic E-state index is 0.0785. The molecule has 0 radical (unpaired) electrons. The van der Waals surface area contributed by atoms with E-state index in [0.717, 1.165) is 8.66 Å². The minimum atomic E-state index is -0.0785. The molecule has 2 rings (SSSR count). The van der Waals surface area contributed by atoms with Crippen molar-refractivity contribution in [2.45, 2.75) is 13.2 Å². The Bertz CT molecular complexity index is 557. The van der Waals surface area contributed by atoms with E-state index in [1.54, 1.807) is 37.7 Å². The molecule has 1 aromatic heterocycles. The SMILES string of the molecule is COc1cc(CO)cc(OC)c1OCc1ccc(Br)s1. The third kappa shape index (κ3) is 3.45. The first kappa shape index (κ1) is 15.2. The van der Waals surface area contributed by atoms with E-state index >= 15 is 0 Å². The zero-order valence-electron chi connectivity index (χ0n) is 11.2. The predicted octanol–water partition coefficient (Wildman–Crippen LogP) is 3.60. The second-order valence-electron chi connectivity index (χ2n) is 3.98. The molecule has 20 heavy (non-hydrogen) atoms. The van der Waals surface area contributed by atoms with Crippen LogP contribution in [-0.4, -0.2) is 19.3 Å². The molecule has 0 saturated heterocycles. The van der Waals surface area contributed by atoms with Crippen molar-refractivity contribution >= 4 is 27.3 Å². The maximum absolute atomic E-state index is 9.22. The van der Waals surface area contributed by atoms with Crippen molar-refractivity contribution in [1.82, 2.24) is 0 Å². The molecular formula is C14H15BrO4S. The van der Waals surface area contributed by atoms with Gasteiger partial charge in [0.05, 0.1) is 24.6 Å². The van der Waals surface area contributed by atoms with Crippen LogP contribution >= 0.6 is 27.3 Å². The largest absolute Gasteiger partial charge is 0.493 e. The summed E-state index contributed by atoms with van der Waals surface area (Å²) in [7, 11) is 3.12. The van der Waals surface area contributed by atoms with Crippen LogP contribution in [0.15, 0.2) is 28.1 Å². The van der Waals surface area contributed by atoms with E-state index in [1.807, 2.05) is 12.1 Å². The Hall–Kier alpha value is -1.24. The summed E-state index contributed by atoms with van der Waals surface area (Å²) < 4.78 is 17.5. The van der Waals surface area contributed by atoms with Crippen molar-refractivity contribution in [3.05, 3.63) is 38.5 Å². The van der Waals surface area contributed by atoms with E-state index in [4.69, 9.17) is 14.2 Å². The molecule has 1 aromatic carbocycles. The van der Waals surface area contributed by atoms with Crippen LogP contribution in [0, 0.1) is 0 Å². The average molecular weight is 359 g/mol. The Morgan fingerprint density at radius 1 is 1.15 bits per heavy atom. The van der Waals surface area contributed by atoms with Gasteiger partial charge in [0, 0.05) is 4.88 Å². The molecule has 0 atom stereocenters. The molecule has 0 saturated carbocycles. The van der Waals surface area contributed by atoms with Crippen LogP contribution in [0.5, 0.6) is 17.2 Å². The summed E-state index contributed by atoms with van der Waals surface area (Å²) in [6.45, 7) is 0.354. The standard InChI is InChI=1S/C14H15BrO4S/c1-17-11-5-9(7-16)6-12(18-2)14(11)19-8-10-3-4-13(15)20-10/h3-6,16H,7-8H2,1-2H3. The Morgan fingerprint density at radius 3 is 2.25 bits per heavy atom. The fraction of sp³-hybridized carbons (Fsp3) is 0.286. The lowest BCUT2D eigenvalue weighted by Crippen LogP contribution is -2.00. The highest BCUT2D eigenvalue weighted by molar-refractivity contribution is 9.11. The molecule has 1 N–H and O–H groups in total. The van der Waals surface area contributed by atoms with E-state index in [2.05, 4.69) is 15.9 Å². The monoisotopic (exact) mass is 358 g/mol. The van der Waals surface area contributed by atoms with Gasteiger partial charge < -0.3 is 19.3 Å². The van der Waals surface area contributed by atoms with Gasteiger partial charge in [0.1, 0.15) is 6.61 Å². The van der Waals surface area contributed by atoms with Gasteiger partial charge in [-0.15, -0.1) is 11.3 Å². The van der Waals surface area contributed by atoms with Crippen molar-refractivity contribution in [1.29, 1.82) is 0 Å².